The summed E-state index contributed by atoms with van der Waals surface area (Å²) >= 11 is 0. The Labute approximate surface area is 114 Å². The molecule has 1 aromatic rings. The van der Waals surface area contributed by atoms with Crippen LogP contribution in [0.3, 0.4) is 0 Å². The van der Waals surface area contributed by atoms with E-state index in [4.69, 9.17) is 10.6 Å². The standard InChI is InChI=1S/C15H23FN2O/c1-8-5-6-13(16)12(7-8)15(18-17)14-9(2)10(3)19-11(14)4/h5-7,9-11,14-15,18H,17H2,1-4H3. The van der Waals surface area contributed by atoms with Gasteiger partial charge < -0.3 is 4.74 Å². The van der Waals surface area contributed by atoms with Crippen LogP contribution in [0.1, 0.15) is 37.9 Å². The molecule has 0 aromatic heterocycles. The van der Waals surface area contributed by atoms with Crippen molar-refractivity contribution < 1.29 is 9.13 Å². The zero-order valence-corrected chi connectivity index (χ0v) is 12.0. The van der Waals surface area contributed by atoms with Crippen LogP contribution in [0.2, 0.25) is 0 Å². The van der Waals surface area contributed by atoms with Crippen LogP contribution >= 0.6 is 0 Å². The Balaban J connectivity index is 2.37. The third-order valence-corrected chi connectivity index (χ3v) is 4.37. The van der Waals surface area contributed by atoms with Gasteiger partial charge in [-0.1, -0.05) is 24.6 Å². The van der Waals surface area contributed by atoms with E-state index in [2.05, 4.69) is 19.3 Å². The molecule has 1 aliphatic heterocycles. The van der Waals surface area contributed by atoms with Gasteiger partial charge in [-0.05, 0) is 32.8 Å². The SMILES string of the molecule is Cc1ccc(F)c(C(NN)C2C(C)OC(C)C2C)c1. The molecule has 1 fully saturated rings. The summed E-state index contributed by atoms with van der Waals surface area (Å²) in [5, 5.41) is 0. The van der Waals surface area contributed by atoms with Gasteiger partial charge in [-0.25, -0.2) is 4.39 Å². The van der Waals surface area contributed by atoms with Gasteiger partial charge in [0.1, 0.15) is 5.82 Å². The van der Waals surface area contributed by atoms with E-state index in [1.165, 1.54) is 6.07 Å². The van der Waals surface area contributed by atoms with Crippen molar-refractivity contribution in [1.82, 2.24) is 5.43 Å². The predicted octanol–water partition coefficient (Wildman–Crippen LogP) is 2.70. The summed E-state index contributed by atoms with van der Waals surface area (Å²) in [4.78, 5) is 0. The first-order chi connectivity index (χ1) is 8.95. The zero-order valence-electron chi connectivity index (χ0n) is 12.0. The summed E-state index contributed by atoms with van der Waals surface area (Å²) in [7, 11) is 0. The number of nitrogens with one attached hydrogen (secondary N) is 1. The molecule has 2 rings (SSSR count). The lowest BCUT2D eigenvalue weighted by Gasteiger charge is -2.29. The Kier molecular flexibility index (Phi) is 4.23. The van der Waals surface area contributed by atoms with Gasteiger partial charge in [-0.2, -0.15) is 0 Å². The maximum Gasteiger partial charge on any atom is 0.128 e. The lowest BCUT2D eigenvalue weighted by Crippen LogP contribution is -2.39. The van der Waals surface area contributed by atoms with Crippen LogP contribution in [0.25, 0.3) is 0 Å². The van der Waals surface area contributed by atoms with Crippen LogP contribution in [-0.4, -0.2) is 12.2 Å². The second kappa shape index (κ2) is 5.57. The van der Waals surface area contributed by atoms with Crippen molar-refractivity contribution in [3.8, 4) is 0 Å². The first kappa shape index (κ1) is 14.4. The molecular formula is C15H23FN2O. The van der Waals surface area contributed by atoms with E-state index >= 15 is 0 Å². The Morgan fingerprint density at radius 1 is 1.26 bits per heavy atom. The number of ether oxygens (including phenoxy) is 1. The van der Waals surface area contributed by atoms with Gasteiger partial charge in [0.15, 0.2) is 0 Å². The molecule has 1 aromatic carbocycles. The minimum absolute atomic E-state index is 0.0611. The van der Waals surface area contributed by atoms with E-state index in [0.717, 1.165) is 5.56 Å². The average molecular weight is 266 g/mol. The molecule has 3 nitrogen and oxygen atoms in total. The van der Waals surface area contributed by atoms with Crippen molar-refractivity contribution in [2.45, 2.75) is 45.9 Å². The quantitative estimate of drug-likeness (QED) is 0.653. The van der Waals surface area contributed by atoms with Gasteiger partial charge >= 0.3 is 0 Å². The smallest absolute Gasteiger partial charge is 0.128 e. The lowest BCUT2D eigenvalue weighted by atomic mass is 9.80. The van der Waals surface area contributed by atoms with Crippen LogP contribution < -0.4 is 11.3 Å². The van der Waals surface area contributed by atoms with Crippen LogP contribution in [-0.2, 0) is 4.74 Å². The summed E-state index contributed by atoms with van der Waals surface area (Å²) < 4.78 is 19.9. The normalized spacial score (nSPS) is 32.5. The molecule has 1 aliphatic rings. The van der Waals surface area contributed by atoms with Crippen LogP contribution in [0.4, 0.5) is 4.39 Å². The highest BCUT2D eigenvalue weighted by Gasteiger charge is 2.42. The highest BCUT2D eigenvalue weighted by molar-refractivity contribution is 5.28. The molecule has 19 heavy (non-hydrogen) atoms. The van der Waals surface area contributed by atoms with Crippen molar-refractivity contribution in [3.63, 3.8) is 0 Å². The molecular weight excluding hydrogens is 243 g/mol. The van der Waals surface area contributed by atoms with E-state index < -0.39 is 0 Å². The van der Waals surface area contributed by atoms with Gasteiger partial charge in [-0.15, -0.1) is 0 Å². The monoisotopic (exact) mass is 266 g/mol. The number of nitrogens with two attached hydrogens (primary N) is 1. The second-order valence-corrected chi connectivity index (χ2v) is 5.65. The molecule has 3 N–H and O–H groups in total. The molecule has 0 amide bonds. The van der Waals surface area contributed by atoms with E-state index in [-0.39, 0.29) is 30.0 Å². The maximum absolute atomic E-state index is 14.1. The molecule has 0 bridgehead atoms. The summed E-state index contributed by atoms with van der Waals surface area (Å²) in [6.07, 6.45) is 0.231. The molecule has 1 heterocycles. The number of hydrazine groups is 1. The fraction of sp³-hybridized carbons (Fsp3) is 0.600. The molecule has 0 radical (unpaired) electrons. The van der Waals surface area contributed by atoms with E-state index in [9.17, 15) is 4.39 Å². The summed E-state index contributed by atoms with van der Waals surface area (Å²) in [6, 6.07) is 4.91. The Morgan fingerprint density at radius 3 is 2.47 bits per heavy atom. The third-order valence-electron chi connectivity index (χ3n) is 4.37. The number of hydrogen-bond donors (Lipinski definition) is 2. The van der Waals surface area contributed by atoms with Crippen LogP contribution in [0.15, 0.2) is 18.2 Å². The van der Waals surface area contributed by atoms with E-state index in [1.807, 2.05) is 19.9 Å². The molecule has 4 heteroatoms. The minimum atomic E-state index is -0.227. The lowest BCUT2D eigenvalue weighted by molar-refractivity contribution is 0.0473. The van der Waals surface area contributed by atoms with Crippen molar-refractivity contribution in [1.29, 1.82) is 0 Å². The Bertz CT molecular complexity index is 452. The highest BCUT2D eigenvalue weighted by Crippen LogP contribution is 2.40. The molecule has 0 aliphatic carbocycles. The van der Waals surface area contributed by atoms with Gasteiger partial charge in [0.2, 0.25) is 0 Å². The molecule has 106 valence electrons. The molecule has 1 saturated heterocycles. The summed E-state index contributed by atoms with van der Waals surface area (Å²) in [6.45, 7) is 8.18. The van der Waals surface area contributed by atoms with Crippen LogP contribution in [0, 0.1) is 24.6 Å². The predicted molar refractivity (Wildman–Crippen MR) is 73.9 cm³/mol. The molecule has 0 saturated carbocycles. The maximum atomic E-state index is 14.1. The second-order valence-electron chi connectivity index (χ2n) is 5.65. The van der Waals surface area contributed by atoms with Crippen molar-refractivity contribution in [2.75, 3.05) is 0 Å². The van der Waals surface area contributed by atoms with E-state index in [1.54, 1.807) is 6.07 Å². The minimum Gasteiger partial charge on any atom is -0.375 e. The zero-order chi connectivity index (χ0) is 14.2. The Hall–Kier alpha value is -0.970. The number of halogens is 1. The number of benzene rings is 1. The van der Waals surface area contributed by atoms with Gasteiger partial charge in [0, 0.05) is 11.5 Å². The first-order valence-corrected chi connectivity index (χ1v) is 6.83. The van der Waals surface area contributed by atoms with Crippen molar-refractivity contribution in [2.24, 2.45) is 17.7 Å². The number of aryl methyl sites for hydroxylation is 1. The fourth-order valence-corrected chi connectivity index (χ4v) is 3.18. The van der Waals surface area contributed by atoms with E-state index in [0.29, 0.717) is 11.5 Å². The number of hydrogen-bond acceptors (Lipinski definition) is 3. The molecule has 0 spiro atoms. The average Bonchev–Trinajstić information content (AvgIpc) is 2.61. The summed E-state index contributed by atoms with van der Waals surface area (Å²) in [5.41, 5.74) is 4.45. The van der Waals surface area contributed by atoms with Crippen LogP contribution in [0.5, 0.6) is 0 Å². The number of rotatable bonds is 3. The van der Waals surface area contributed by atoms with Crippen molar-refractivity contribution >= 4 is 0 Å². The van der Waals surface area contributed by atoms with Crippen molar-refractivity contribution in [3.05, 3.63) is 35.1 Å². The Morgan fingerprint density at radius 2 is 1.95 bits per heavy atom. The largest absolute Gasteiger partial charge is 0.375 e. The van der Waals surface area contributed by atoms with Gasteiger partial charge in [-0.3, -0.25) is 11.3 Å². The van der Waals surface area contributed by atoms with Gasteiger partial charge in [0.25, 0.3) is 0 Å². The molecule has 5 unspecified atom stereocenters. The summed E-state index contributed by atoms with van der Waals surface area (Å²) in [5.74, 6) is 5.98. The topological polar surface area (TPSA) is 47.3 Å². The molecule has 5 atom stereocenters. The first-order valence-electron chi connectivity index (χ1n) is 6.83. The highest BCUT2D eigenvalue weighted by atomic mass is 19.1. The third kappa shape index (κ3) is 2.66. The fourth-order valence-electron chi connectivity index (χ4n) is 3.18. The van der Waals surface area contributed by atoms with Gasteiger partial charge in [0.05, 0.1) is 18.2 Å².